The van der Waals surface area contributed by atoms with E-state index in [1.165, 1.54) is 23.5 Å². The quantitative estimate of drug-likeness (QED) is 0.257. The van der Waals surface area contributed by atoms with Gasteiger partial charge >= 0.3 is 0 Å². The lowest BCUT2D eigenvalue weighted by atomic mass is 10.2. The summed E-state index contributed by atoms with van der Waals surface area (Å²) in [6.45, 7) is 3.98. The number of aryl methyl sites for hydroxylation is 1. The third kappa shape index (κ3) is 5.96. The second-order valence-electron chi connectivity index (χ2n) is 7.80. The van der Waals surface area contributed by atoms with Crippen molar-refractivity contribution in [1.82, 2.24) is 14.5 Å². The van der Waals surface area contributed by atoms with Crippen LogP contribution in [-0.4, -0.2) is 33.6 Å². The van der Waals surface area contributed by atoms with Crippen molar-refractivity contribution in [3.05, 3.63) is 72.6 Å². The zero-order valence-electron chi connectivity index (χ0n) is 18.6. The number of thiazole rings is 1. The molecule has 0 aliphatic carbocycles. The predicted molar refractivity (Wildman–Crippen MR) is 130 cm³/mol. The van der Waals surface area contributed by atoms with E-state index in [0.717, 1.165) is 32.2 Å². The molecule has 0 unspecified atom stereocenters. The Bertz CT molecular complexity index is 1190. The third-order valence-electron chi connectivity index (χ3n) is 5.27. The number of benzene rings is 2. The van der Waals surface area contributed by atoms with Crippen molar-refractivity contribution in [2.24, 2.45) is 0 Å². The highest BCUT2D eigenvalue weighted by Gasteiger charge is 2.22. The van der Waals surface area contributed by atoms with Crippen molar-refractivity contribution in [3.63, 3.8) is 0 Å². The van der Waals surface area contributed by atoms with Gasteiger partial charge in [-0.3, -0.25) is 9.69 Å². The van der Waals surface area contributed by atoms with E-state index in [1.54, 1.807) is 35.6 Å². The van der Waals surface area contributed by atoms with Crippen LogP contribution in [0.25, 0.3) is 10.2 Å². The number of carbonyl (C=O) groups is 1. The fourth-order valence-corrected chi connectivity index (χ4v) is 4.55. The minimum absolute atomic E-state index is 0.154. The summed E-state index contributed by atoms with van der Waals surface area (Å²) < 4.78 is 22.2. The van der Waals surface area contributed by atoms with Gasteiger partial charge in [-0.05, 0) is 49.2 Å². The summed E-state index contributed by atoms with van der Waals surface area (Å²) in [7, 11) is 0. The number of hydrogen-bond donors (Lipinski definition) is 0. The van der Waals surface area contributed by atoms with Gasteiger partial charge in [0.15, 0.2) is 5.13 Å². The minimum Gasteiger partial charge on any atom is -0.494 e. The largest absolute Gasteiger partial charge is 0.494 e. The van der Waals surface area contributed by atoms with E-state index >= 15 is 0 Å². The maximum Gasteiger partial charge on any atom is 0.260 e. The highest BCUT2D eigenvalue weighted by molar-refractivity contribution is 7.22. The molecule has 2 heterocycles. The lowest BCUT2D eigenvalue weighted by molar-refractivity contribution is 0.0986. The first-order valence-electron chi connectivity index (χ1n) is 11.2. The van der Waals surface area contributed by atoms with Gasteiger partial charge in [0.1, 0.15) is 11.6 Å². The van der Waals surface area contributed by atoms with E-state index in [0.29, 0.717) is 39.8 Å². The zero-order valence-corrected chi connectivity index (χ0v) is 19.4. The molecule has 6 nitrogen and oxygen atoms in total. The molecule has 1 amide bonds. The Morgan fingerprint density at radius 2 is 2.09 bits per heavy atom. The van der Waals surface area contributed by atoms with Crippen LogP contribution in [0.5, 0.6) is 5.75 Å². The molecule has 4 aromatic rings. The van der Waals surface area contributed by atoms with Crippen LogP contribution < -0.4 is 9.64 Å². The molecule has 0 spiro atoms. The molecule has 4 rings (SSSR count). The Hall–Kier alpha value is -3.26. The van der Waals surface area contributed by atoms with Gasteiger partial charge in [0.05, 0.1) is 23.2 Å². The molecule has 2 aromatic heterocycles. The molecular weight excluding hydrogens is 439 g/mol. The van der Waals surface area contributed by atoms with Crippen LogP contribution in [0.3, 0.4) is 0 Å². The molecule has 0 bridgehead atoms. The highest BCUT2D eigenvalue weighted by Crippen LogP contribution is 2.31. The van der Waals surface area contributed by atoms with Crippen molar-refractivity contribution in [2.45, 2.75) is 39.2 Å². The molecule has 33 heavy (non-hydrogen) atoms. The number of amides is 1. The zero-order chi connectivity index (χ0) is 23.0. The summed E-state index contributed by atoms with van der Waals surface area (Å²) in [6, 6.07) is 11.8. The molecule has 8 heteroatoms. The summed E-state index contributed by atoms with van der Waals surface area (Å²) in [6.07, 6.45) is 9.33. The number of hydrogen-bond acceptors (Lipinski definition) is 5. The Balaban J connectivity index is 1.55. The number of unbranched alkanes of at least 4 members (excludes halogenated alkanes) is 2. The van der Waals surface area contributed by atoms with Crippen LogP contribution in [0.15, 0.2) is 61.2 Å². The standard InChI is InChI=1S/C25H27FN4O2S/c1-2-3-4-15-32-21-8-5-7-19(16-21)24(31)30(13-6-12-29-14-11-27-18-29)25-28-22-10-9-20(26)17-23(22)33-25/h5,7-11,14,16-18H,2-4,6,12-13,15H2,1H3. The first-order valence-corrected chi connectivity index (χ1v) is 12.0. The van der Waals surface area contributed by atoms with Crippen molar-refractivity contribution < 1.29 is 13.9 Å². The molecule has 2 aromatic carbocycles. The van der Waals surface area contributed by atoms with E-state index in [2.05, 4.69) is 16.9 Å². The average molecular weight is 467 g/mol. The highest BCUT2D eigenvalue weighted by atomic mass is 32.1. The molecule has 172 valence electrons. The third-order valence-corrected chi connectivity index (χ3v) is 6.31. The van der Waals surface area contributed by atoms with Crippen molar-refractivity contribution in [1.29, 1.82) is 0 Å². The van der Waals surface area contributed by atoms with Crippen LogP contribution in [-0.2, 0) is 6.54 Å². The van der Waals surface area contributed by atoms with Crippen LogP contribution in [0.4, 0.5) is 9.52 Å². The lowest BCUT2D eigenvalue weighted by Gasteiger charge is -2.20. The van der Waals surface area contributed by atoms with Gasteiger partial charge in [0.25, 0.3) is 5.91 Å². The Morgan fingerprint density at radius 3 is 2.91 bits per heavy atom. The fraction of sp³-hybridized carbons (Fsp3) is 0.320. The van der Waals surface area contributed by atoms with Crippen molar-refractivity contribution in [3.8, 4) is 5.75 Å². The smallest absolute Gasteiger partial charge is 0.260 e. The monoisotopic (exact) mass is 466 g/mol. The Kier molecular flexibility index (Phi) is 7.67. The summed E-state index contributed by atoms with van der Waals surface area (Å²) in [5, 5.41) is 0.556. The second kappa shape index (κ2) is 11.0. The maximum atomic E-state index is 13.7. The van der Waals surface area contributed by atoms with E-state index in [-0.39, 0.29) is 11.7 Å². The molecular formula is C25H27FN4O2S. The summed E-state index contributed by atoms with van der Waals surface area (Å²) in [5.74, 6) is 0.212. The van der Waals surface area contributed by atoms with Crippen LogP contribution in [0.1, 0.15) is 43.0 Å². The number of imidazole rings is 1. The van der Waals surface area contributed by atoms with Crippen molar-refractivity contribution >= 4 is 32.6 Å². The maximum absolute atomic E-state index is 13.7. The van der Waals surface area contributed by atoms with Gasteiger partial charge in [-0.2, -0.15) is 0 Å². The normalized spacial score (nSPS) is 11.1. The van der Waals surface area contributed by atoms with Gasteiger partial charge in [-0.25, -0.2) is 14.4 Å². The minimum atomic E-state index is -0.316. The fourth-order valence-electron chi connectivity index (χ4n) is 3.53. The van der Waals surface area contributed by atoms with Gasteiger partial charge in [0.2, 0.25) is 0 Å². The lowest BCUT2D eigenvalue weighted by Crippen LogP contribution is -2.32. The number of carbonyl (C=O) groups excluding carboxylic acids is 1. The molecule has 0 saturated carbocycles. The van der Waals surface area contributed by atoms with Crippen LogP contribution in [0, 0.1) is 5.82 Å². The molecule has 0 saturated heterocycles. The molecule has 0 aliphatic rings. The van der Waals surface area contributed by atoms with Gasteiger partial charge < -0.3 is 9.30 Å². The van der Waals surface area contributed by atoms with E-state index in [4.69, 9.17) is 4.74 Å². The van der Waals surface area contributed by atoms with Crippen LogP contribution in [0.2, 0.25) is 0 Å². The molecule has 0 aliphatic heterocycles. The SMILES string of the molecule is CCCCCOc1cccc(C(=O)N(CCCn2ccnc2)c2nc3ccc(F)cc3s2)c1. The number of halogens is 1. The van der Waals surface area contributed by atoms with Gasteiger partial charge in [0, 0.05) is 31.0 Å². The van der Waals surface area contributed by atoms with E-state index in [1.807, 2.05) is 22.9 Å². The first-order chi connectivity index (χ1) is 16.1. The van der Waals surface area contributed by atoms with E-state index in [9.17, 15) is 9.18 Å². The molecule has 0 fully saturated rings. The Morgan fingerprint density at radius 1 is 1.18 bits per heavy atom. The summed E-state index contributed by atoms with van der Waals surface area (Å²) in [5.41, 5.74) is 1.22. The van der Waals surface area contributed by atoms with Crippen LogP contribution >= 0.6 is 11.3 Å². The summed E-state index contributed by atoms with van der Waals surface area (Å²) >= 11 is 1.32. The number of nitrogens with zero attached hydrogens (tertiary/aromatic N) is 4. The number of fused-ring (bicyclic) bond motifs is 1. The average Bonchev–Trinajstić information content (AvgIpc) is 3.49. The van der Waals surface area contributed by atoms with Gasteiger partial charge in [-0.1, -0.05) is 37.2 Å². The molecule has 0 radical (unpaired) electrons. The van der Waals surface area contributed by atoms with Gasteiger partial charge in [-0.15, -0.1) is 0 Å². The summed E-state index contributed by atoms with van der Waals surface area (Å²) in [4.78, 5) is 23.9. The topological polar surface area (TPSA) is 60.2 Å². The second-order valence-corrected chi connectivity index (χ2v) is 8.81. The predicted octanol–water partition coefficient (Wildman–Crippen LogP) is 5.94. The number of aromatic nitrogens is 3. The molecule has 0 N–H and O–H groups in total. The number of ether oxygens (including phenoxy) is 1. The molecule has 0 atom stereocenters. The number of anilines is 1. The first kappa shape index (κ1) is 22.9. The Labute approximate surface area is 196 Å². The van der Waals surface area contributed by atoms with E-state index < -0.39 is 0 Å². The van der Waals surface area contributed by atoms with Crippen molar-refractivity contribution in [2.75, 3.05) is 18.1 Å². The number of rotatable bonds is 11.